The van der Waals surface area contributed by atoms with Gasteiger partial charge in [-0.1, -0.05) is 6.42 Å². The lowest BCUT2D eigenvalue weighted by Crippen LogP contribution is -2.47. The van der Waals surface area contributed by atoms with E-state index in [2.05, 4.69) is 5.10 Å². The van der Waals surface area contributed by atoms with E-state index in [4.69, 9.17) is 5.11 Å². The summed E-state index contributed by atoms with van der Waals surface area (Å²) in [6.07, 6.45) is 2.86. The van der Waals surface area contributed by atoms with Gasteiger partial charge in [-0.15, -0.1) is 0 Å². The Morgan fingerprint density at radius 2 is 1.81 bits per heavy atom. The Bertz CT molecular complexity index is 599. The number of sulfonamides is 1. The average molecular weight is 315 g/mol. The SMILES string of the molecule is Cc1nn(CCO)c(C)c1S(=O)(=O)N1[C@H](C)CCC[C@@H]1C. The lowest BCUT2D eigenvalue weighted by molar-refractivity contribution is 0.204. The number of hydrogen-bond donors (Lipinski definition) is 1. The first kappa shape index (κ1) is 16.5. The minimum atomic E-state index is -3.55. The van der Waals surface area contributed by atoms with E-state index in [9.17, 15) is 8.42 Å². The van der Waals surface area contributed by atoms with Crippen LogP contribution in [0, 0.1) is 13.8 Å². The molecule has 21 heavy (non-hydrogen) atoms. The second-order valence-corrected chi connectivity index (χ2v) is 7.69. The highest BCUT2D eigenvalue weighted by Gasteiger charge is 2.38. The third-order valence-electron chi connectivity index (χ3n) is 4.28. The molecule has 1 saturated heterocycles. The molecule has 120 valence electrons. The van der Waals surface area contributed by atoms with Crippen molar-refractivity contribution < 1.29 is 13.5 Å². The van der Waals surface area contributed by atoms with Gasteiger partial charge in [0.25, 0.3) is 0 Å². The third kappa shape index (κ3) is 2.86. The number of hydrogen-bond acceptors (Lipinski definition) is 4. The first-order valence-electron chi connectivity index (χ1n) is 7.49. The van der Waals surface area contributed by atoms with Gasteiger partial charge in [-0.2, -0.15) is 9.40 Å². The van der Waals surface area contributed by atoms with E-state index in [0.717, 1.165) is 19.3 Å². The molecule has 0 bridgehead atoms. The van der Waals surface area contributed by atoms with Crippen molar-refractivity contribution in [3.63, 3.8) is 0 Å². The summed E-state index contributed by atoms with van der Waals surface area (Å²) < 4.78 is 29.4. The number of aromatic nitrogens is 2. The zero-order valence-electron chi connectivity index (χ0n) is 13.2. The molecule has 6 nitrogen and oxygen atoms in total. The summed E-state index contributed by atoms with van der Waals surface area (Å²) in [7, 11) is -3.55. The fourth-order valence-corrected chi connectivity index (χ4v) is 5.61. The Kier molecular flexibility index (Phi) is 4.75. The standard InChI is InChI=1S/C14H25N3O3S/c1-10-6-5-7-11(2)17(10)21(19,20)14-12(3)15-16(8-9-18)13(14)4/h10-11,18H,5-9H2,1-4H3/t10-,11+. The monoisotopic (exact) mass is 315 g/mol. The molecule has 2 heterocycles. The average Bonchev–Trinajstić information content (AvgIpc) is 2.64. The van der Waals surface area contributed by atoms with E-state index in [1.165, 1.54) is 0 Å². The summed E-state index contributed by atoms with van der Waals surface area (Å²) in [6, 6.07) is 0.0254. The van der Waals surface area contributed by atoms with E-state index in [0.29, 0.717) is 22.8 Å². The number of rotatable bonds is 4. The Balaban J connectivity index is 2.48. The molecule has 0 radical (unpaired) electrons. The lowest BCUT2D eigenvalue weighted by Gasteiger charge is -2.37. The van der Waals surface area contributed by atoms with Gasteiger partial charge in [0.15, 0.2) is 0 Å². The third-order valence-corrected chi connectivity index (χ3v) is 6.66. The van der Waals surface area contributed by atoms with Gasteiger partial charge in [-0.05, 0) is 40.5 Å². The largest absolute Gasteiger partial charge is 0.394 e. The Labute approximate surface area is 126 Å². The highest BCUT2D eigenvalue weighted by Crippen LogP contribution is 2.32. The second-order valence-electron chi connectivity index (χ2n) is 5.91. The van der Waals surface area contributed by atoms with E-state index in [1.54, 1.807) is 22.8 Å². The van der Waals surface area contributed by atoms with Gasteiger partial charge in [0, 0.05) is 12.1 Å². The summed E-state index contributed by atoms with van der Waals surface area (Å²) in [6.45, 7) is 7.66. The van der Waals surface area contributed by atoms with Crippen molar-refractivity contribution in [2.24, 2.45) is 0 Å². The molecule has 0 aliphatic carbocycles. The van der Waals surface area contributed by atoms with Crippen LogP contribution in [0.3, 0.4) is 0 Å². The summed E-state index contributed by atoms with van der Waals surface area (Å²) in [4.78, 5) is 0.302. The van der Waals surface area contributed by atoms with Gasteiger partial charge in [-0.25, -0.2) is 8.42 Å². The summed E-state index contributed by atoms with van der Waals surface area (Å²) in [5, 5.41) is 13.3. The zero-order chi connectivity index (χ0) is 15.8. The highest BCUT2D eigenvalue weighted by molar-refractivity contribution is 7.89. The molecule has 1 aliphatic heterocycles. The molecule has 7 heteroatoms. The zero-order valence-corrected chi connectivity index (χ0v) is 14.0. The molecule has 1 aliphatic rings. The van der Waals surface area contributed by atoms with Crippen LogP contribution in [0.2, 0.25) is 0 Å². The molecule has 2 atom stereocenters. The van der Waals surface area contributed by atoms with Gasteiger partial charge in [0.05, 0.1) is 24.5 Å². The molecule has 1 aromatic rings. The molecular formula is C14H25N3O3S. The first-order valence-corrected chi connectivity index (χ1v) is 8.93. The van der Waals surface area contributed by atoms with Crippen molar-refractivity contribution in [3.8, 4) is 0 Å². The predicted octanol–water partition coefficient (Wildman–Crippen LogP) is 1.44. The van der Waals surface area contributed by atoms with Gasteiger partial charge in [0.1, 0.15) is 4.90 Å². The molecule has 2 rings (SSSR count). The van der Waals surface area contributed by atoms with E-state index >= 15 is 0 Å². The van der Waals surface area contributed by atoms with Crippen molar-refractivity contribution in [1.29, 1.82) is 0 Å². The van der Waals surface area contributed by atoms with Gasteiger partial charge in [0.2, 0.25) is 10.0 Å². The normalized spacial score (nSPS) is 24.4. The minimum absolute atomic E-state index is 0.0127. The van der Waals surface area contributed by atoms with Crippen molar-refractivity contribution in [2.75, 3.05) is 6.61 Å². The Morgan fingerprint density at radius 1 is 1.24 bits per heavy atom. The second kappa shape index (κ2) is 6.06. The van der Waals surface area contributed by atoms with Crippen LogP contribution in [0.4, 0.5) is 0 Å². The maximum atomic E-state index is 13.1. The minimum Gasteiger partial charge on any atom is -0.394 e. The van der Waals surface area contributed by atoms with E-state index < -0.39 is 10.0 Å². The smallest absolute Gasteiger partial charge is 0.247 e. The maximum Gasteiger partial charge on any atom is 0.247 e. The molecule has 1 fully saturated rings. The van der Waals surface area contributed by atoms with Crippen molar-refractivity contribution in [3.05, 3.63) is 11.4 Å². The van der Waals surface area contributed by atoms with Crippen LogP contribution in [-0.2, 0) is 16.6 Å². The lowest BCUT2D eigenvalue weighted by atomic mass is 10.0. The predicted molar refractivity (Wildman–Crippen MR) is 80.6 cm³/mol. The first-order chi connectivity index (χ1) is 9.80. The Morgan fingerprint density at radius 3 is 2.33 bits per heavy atom. The van der Waals surface area contributed by atoms with E-state index in [-0.39, 0.29) is 18.7 Å². The fourth-order valence-electron chi connectivity index (χ4n) is 3.34. The topological polar surface area (TPSA) is 75.4 Å². The fraction of sp³-hybridized carbons (Fsp3) is 0.786. The van der Waals surface area contributed by atoms with Crippen LogP contribution >= 0.6 is 0 Å². The van der Waals surface area contributed by atoms with Crippen LogP contribution < -0.4 is 0 Å². The summed E-state index contributed by atoms with van der Waals surface area (Å²) in [5.41, 5.74) is 1.11. The molecule has 0 spiro atoms. The molecule has 0 saturated carbocycles. The molecule has 1 aromatic heterocycles. The van der Waals surface area contributed by atoms with Gasteiger partial charge >= 0.3 is 0 Å². The number of nitrogens with zero attached hydrogens (tertiary/aromatic N) is 3. The number of aryl methyl sites for hydroxylation is 1. The Hall–Kier alpha value is -0.920. The summed E-state index contributed by atoms with van der Waals surface area (Å²) >= 11 is 0. The molecule has 0 aromatic carbocycles. The highest BCUT2D eigenvalue weighted by atomic mass is 32.2. The van der Waals surface area contributed by atoms with E-state index in [1.807, 2.05) is 13.8 Å². The van der Waals surface area contributed by atoms with Crippen LogP contribution in [0.25, 0.3) is 0 Å². The molecule has 1 N–H and O–H groups in total. The number of piperidine rings is 1. The number of aliphatic hydroxyl groups excluding tert-OH is 1. The molecule has 0 amide bonds. The summed E-state index contributed by atoms with van der Waals surface area (Å²) in [5.74, 6) is 0. The van der Waals surface area contributed by atoms with Crippen LogP contribution in [-0.4, -0.2) is 46.3 Å². The molecule has 0 unspecified atom stereocenters. The maximum absolute atomic E-state index is 13.1. The molecular weight excluding hydrogens is 290 g/mol. The van der Waals surface area contributed by atoms with Gasteiger partial charge in [-0.3, -0.25) is 4.68 Å². The van der Waals surface area contributed by atoms with Gasteiger partial charge < -0.3 is 5.11 Å². The number of aliphatic hydroxyl groups is 1. The van der Waals surface area contributed by atoms with Crippen molar-refractivity contribution in [1.82, 2.24) is 14.1 Å². The van der Waals surface area contributed by atoms with Crippen molar-refractivity contribution in [2.45, 2.75) is 70.5 Å². The van der Waals surface area contributed by atoms with Crippen molar-refractivity contribution >= 4 is 10.0 Å². The van der Waals surface area contributed by atoms with Crippen LogP contribution in [0.15, 0.2) is 4.90 Å². The quantitative estimate of drug-likeness (QED) is 0.912. The van der Waals surface area contributed by atoms with Crippen LogP contribution in [0.5, 0.6) is 0 Å². The van der Waals surface area contributed by atoms with Crippen LogP contribution in [0.1, 0.15) is 44.5 Å².